The van der Waals surface area contributed by atoms with E-state index in [-0.39, 0.29) is 5.91 Å². The molecule has 1 atom stereocenters. The van der Waals surface area contributed by atoms with Crippen molar-refractivity contribution in [3.8, 4) is 5.75 Å². The van der Waals surface area contributed by atoms with E-state index in [1.165, 1.54) is 5.56 Å². The minimum Gasteiger partial charge on any atom is -0.481 e. The maximum absolute atomic E-state index is 11.9. The van der Waals surface area contributed by atoms with Crippen molar-refractivity contribution >= 4 is 5.91 Å². The number of ether oxygens (including phenoxy) is 2. The van der Waals surface area contributed by atoms with Crippen molar-refractivity contribution in [1.82, 2.24) is 5.32 Å². The second-order valence-corrected chi connectivity index (χ2v) is 4.47. The molecule has 0 aromatic heterocycles. The zero-order chi connectivity index (χ0) is 14.1. The number of aryl methyl sites for hydroxylation is 1. The molecule has 0 aliphatic carbocycles. The highest BCUT2D eigenvalue weighted by molar-refractivity contribution is 5.81. The zero-order valence-corrected chi connectivity index (χ0v) is 11.9. The molecule has 0 bridgehead atoms. The Labute approximate surface area is 115 Å². The Morgan fingerprint density at radius 1 is 1.32 bits per heavy atom. The summed E-state index contributed by atoms with van der Waals surface area (Å²) in [6, 6.07) is 7.71. The normalized spacial score (nSPS) is 11.9. The third-order valence-corrected chi connectivity index (χ3v) is 2.79. The average Bonchev–Trinajstić information content (AvgIpc) is 2.42. The molecule has 0 aliphatic rings. The number of hydrogen-bond donors (Lipinski definition) is 1. The first-order valence-electron chi connectivity index (χ1n) is 6.67. The third kappa shape index (κ3) is 5.75. The smallest absolute Gasteiger partial charge is 0.261 e. The molecule has 4 nitrogen and oxygen atoms in total. The standard InChI is InChI=1S/C15H23NO3/c1-4-14(15(17)16-10-5-11-18-3)19-13-8-6-12(2)7-9-13/h6-9,14H,4-5,10-11H2,1-3H3,(H,16,17)/t14-/m0/s1. The Hall–Kier alpha value is -1.55. The highest BCUT2D eigenvalue weighted by Crippen LogP contribution is 2.14. The minimum atomic E-state index is -0.440. The van der Waals surface area contributed by atoms with Gasteiger partial charge in [-0.25, -0.2) is 0 Å². The average molecular weight is 265 g/mol. The van der Waals surface area contributed by atoms with Crippen LogP contribution in [0.15, 0.2) is 24.3 Å². The van der Waals surface area contributed by atoms with E-state index in [2.05, 4.69) is 5.32 Å². The molecule has 4 heteroatoms. The fourth-order valence-electron chi connectivity index (χ4n) is 1.65. The molecular formula is C15H23NO3. The molecule has 106 valence electrons. The van der Waals surface area contributed by atoms with E-state index in [0.717, 1.165) is 12.2 Å². The Morgan fingerprint density at radius 2 is 2.00 bits per heavy atom. The van der Waals surface area contributed by atoms with Gasteiger partial charge in [0.05, 0.1) is 0 Å². The molecule has 0 heterocycles. The van der Waals surface area contributed by atoms with Crippen LogP contribution in [0.4, 0.5) is 0 Å². The van der Waals surface area contributed by atoms with E-state index in [1.807, 2.05) is 38.1 Å². The lowest BCUT2D eigenvalue weighted by molar-refractivity contribution is -0.128. The highest BCUT2D eigenvalue weighted by Gasteiger charge is 2.17. The Balaban J connectivity index is 2.43. The van der Waals surface area contributed by atoms with Crippen molar-refractivity contribution in [2.24, 2.45) is 0 Å². The molecule has 0 spiro atoms. The van der Waals surface area contributed by atoms with Crippen molar-refractivity contribution < 1.29 is 14.3 Å². The van der Waals surface area contributed by atoms with E-state index in [9.17, 15) is 4.79 Å². The topological polar surface area (TPSA) is 47.6 Å². The molecule has 1 amide bonds. The predicted octanol–water partition coefficient (Wildman–Crippen LogP) is 2.31. The van der Waals surface area contributed by atoms with Crippen LogP contribution in [0.1, 0.15) is 25.3 Å². The van der Waals surface area contributed by atoms with Gasteiger partial charge in [-0.2, -0.15) is 0 Å². The van der Waals surface area contributed by atoms with Gasteiger partial charge in [-0.3, -0.25) is 4.79 Å². The van der Waals surface area contributed by atoms with E-state index >= 15 is 0 Å². The number of carbonyl (C=O) groups is 1. The van der Waals surface area contributed by atoms with Crippen LogP contribution in [0, 0.1) is 6.92 Å². The van der Waals surface area contributed by atoms with Crippen LogP contribution in [-0.4, -0.2) is 32.3 Å². The van der Waals surface area contributed by atoms with Crippen molar-refractivity contribution in [1.29, 1.82) is 0 Å². The van der Waals surface area contributed by atoms with Crippen LogP contribution in [-0.2, 0) is 9.53 Å². The van der Waals surface area contributed by atoms with Crippen LogP contribution in [0.25, 0.3) is 0 Å². The summed E-state index contributed by atoms with van der Waals surface area (Å²) in [5, 5.41) is 2.86. The maximum atomic E-state index is 11.9. The van der Waals surface area contributed by atoms with Gasteiger partial charge in [-0.1, -0.05) is 24.6 Å². The van der Waals surface area contributed by atoms with Crippen LogP contribution in [0.2, 0.25) is 0 Å². The predicted molar refractivity (Wildman–Crippen MR) is 75.4 cm³/mol. The molecule has 1 rings (SSSR count). The van der Waals surface area contributed by atoms with Gasteiger partial charge in [0.1, 0.15) is 5.75 Å². The molecule has 0 saturated heterocycles. The van der Waals surface area contributed by atoms with Crippen LogP contribution in [0.3, 0.4) is 0 Å². The van der Waals surface area contributed by atoms with Gasteiger partial charge in [0.25, 0.3) is 5.91 Å². The molecule has 1 aromatic rings. The summed E-state index contributed by atoms with van der Waals surface area (Å²) in [6.45, 7) is 5.22. The third-order valence-electron chi connectivity index (χ3n) is 2.79. The van der Waals surface area contributed by atoms with Crippen LogP contribution in [0.5, 0.6) is 5.75 Å². The molecule has 1 N–H and O–H groups in total. The lowest BCUT2D eigenvalue weighted by Crippen LogP contribution is -2.38. The summed E-state index contributed by atoms with van der Waals surface area (Å²) in [5.74, 6) is 0.656. The number of methoxy groups -OCH3 is 1. The molecular weight excluding hydrogens is 242 g/mol. The molecule has 0 fully saturated rings. The summed E-state index contributed by atoms with van der Waals surface area (Å²) in [5.41, 5.74) is 1.17. The molecule has 0 unspecified atom stereocenters. The fourth-order valence-corrected chi connectivity index (χ4v) is 1.65. The van der Waals surface area contributed by atoms with E-state index in [0.29, 0.717) is 19.6 Å². The van der Waals surface area contributed by atoms with Gasteiger partial charge in [0, 0.05) is 20.3 Å². The second kappa shape index (κ2) is 8.53. The second-order valence-electron chi connectivity index (χ2n) is 4.47. The van der Waals surface area contributed by atoms with Crippen molar-refractivity contribution in [3.05, 3.63) is 29.8 Å². The van der Waals surface area contributed by atoms with Gasteiger partial charge in [-0.05, 0) is 31.9 Å². The number of benzene rings is 1. The lowest BCUT2D eigenvalue weighted by atomic mass is 10.2. The number of carbonyl (C=O) groups excluding carboxylic acids is 1. The zero-order valence-electron chi connectivity index (χ0n) is 11.9. The van der Waals surface area contributed by atoms with Gasteiger partial charge >= 0.3 is 0 Å². The Bertz CT molecular complexity index is 375. The first-order chi connectivity index (χ1) is 9.17. The summed E-state index contributed by atoms with van der Waals surface area (Å²) in [6.07, 6.45) is 1.01. The Morgan fingerprint density at radius 3 is 2.58 bits per heavy atom. The highest BCUT2D eigenvalue weighted by atomic mass is 16.5. The summed E-state index contributed by atoms with van der Waals surface area (Å²) in [4.78, 5) is 11.9. The molecule has 0 aliphatic heterocycles. The van der Waals surface area contributed by atoms with Crippen LogP contribution >= 0.6 is 0 Å². The van der Waals surface area contributed by atoms with Gasteiger partial charge in [0.2, 0.25) is 0 Å². The van der Waals surface area contributed by atoms with Gasteiger partial charge in [0.15, 0.2) is 6.10 Å². The first kappa shape index (κ1) is 15.5. The van der Waals surface area contributed by atoms with E-state index in [1.54, 1.807) is 7.11 Å². The minimum absolute atomic E-state index is 0.0702. The van der Waals surface area contributed by atoms with Crippen LogP contribution < -0.4 is 10.1 Å². The molecule has 1 aromatic carbocycles. The number of amides is 1. The summed E-state index contributed by atoms with van der Waals surface area (Å²) in [7, 11) is 1.65. The first-order valence-corrected chi connectivity index (χ1v) is 6.67. The quantitative estimate of drug-likeness (QED) is 0.734. The summed E-state index contributed by atoms with van der Waals surface area (Å²) < 4.78 is 10.6. The molecule has 0 radical (unpaired) electrons. The van der Waals surface area contributed by atoms with Crippen molar-refractivity contribution in [3.63, 3.8) is 0 Å². The number of nitrogens with one attached hydrogen (secondary N) is 1. The molecule has 0 saturated carbocycles. The van der Waals surface area contributed by atoms with Crippen molar-refractivity contribution in [2.75, 3.05) is 20.3 Å². The number of rotatable bonds is 8. The fraction of sp³-hybridized carbons (Fsp3) is 0.533. The SMILES string of the molecule is CC[C@H](Oc1ccc(C)cc1)C(=O)NCCCOC. The number of hydrogen-bond acceptors (Lipinski definition) is 3. The molecule has 19 heavy (non-hydrogen) atoms. The Kier molecular flexibility index (Phi) is 6.97. The van der Waals surface area contributed by atoms with Gasteiger partial charge in [-0.15, -0.1) is 0 Å². The monoisotopic (exact) mass is 265 g/mol. The largest absolute Gasteiger partial charge is 0.481 e. The lowest BCUT2D eigenvalue weighted by Gasteiger charge is -2.17. The van der Waals surface area contributed by atoms with Crippen molar-refractivity contribution in [2.45, 2.75) is 32.8 Å². The van der Waals surface area contributed by atoms with E-state index in [4.69, 9.17) is 9.47 Å². The van der Waals surface area contributed by atoms with E-state index < -0.39 is 6.10 Å². The van der Waals surface area contributed by atoms with Gasteiger partial charge < -0.3 is 14.8 Å². The maximum Gasteiger partial charge on any atom is 0.261 e. The summed E-state index contributed by atoms with van der Waals surface area (Å²) >= 11 is 0.